The van der Waals surface area contributed by atoms with Crippen molar-refractivity contribution in [3.8, 4) is 5.75 Å². The topological polar surface area (TPSA) is 86.5 Å². The number of para-hydroxylation sites is 1. The van der Waals surface area contributed by atoms with Gasteiger partial charge in [-0.25, -0.2) is 13.6 Å². The van der Waals surface area contributed by atoms with Gasteiger partial charge >= 0.3 is 0 Å². The van der Waals surface area contributed by atoms with Crippen LogP contribution in [0.2, 0.25) is 0 Å². The summed E-state index contributed by atoms with van der Waals surface area (Å²) in [4.78, 5) is 11.6. The van der Waals surface area contributed by atoms with Crippen LogP contribution in [0.5, 0.6) is 5.75 Å². The Balaban J connectivity index is 2.95. The number of primary sulfonamides is 1. The summed E-state index contributed by atoms with van der Waals surface area (Å²) in [5.74, 6) is 0.260. The van der Waals surface area contributed by atoms with Crippen molar-refractivity contribution in [3.05, 3.63) is 29.8 Å². The summed E-state index contributed by atoms with van der Waals surface area (Å²) in [6, 6.07) is 6.95. The highest BCUT2D eigenvalue weighted by molar-refractivity contribution is 7.89. The normalized spacial score (nSPS) is 12.2. The van der Waals surface area contributed by atoms with Crippen molar-refractivity contribution >= 4 is 15.8 Å². The van der Waals surface area contributed by atoms with Crippen molar-refractivity contribution in [1.29, 1.82) is 0 Å². The van der Waals surface area contributed by atoms with Crippen LogP contribution in [0.3, 0.4) is 0 Å². The van der Waals surface area contributed by atoms with Gasteiger partial charge in [-0.15, -0.1) is 0 Å². The summed E-state index contributed by atoms with van der Waals surface area (Å²) in [6.45, 7) is 5.50. The number of sulfonamides is 1. The summed E-state index contributed by atoms with van der Waals surface area (Å²) in [7, 11) is -3.58. The van der Waals surface area contributed by atoms with Gasteiger partial charge in [0.05, 0.1) is 17.9 Å². The van der Waals surface area contributed by atoms with E-state index < -0.39 is 15.4 Å². The summed E-state index contributed by atoms with van der Waals surface area (Å²) in [5.41, 5.74) is -0.0495. The molecule has 5 nitrogen and oxygen atoms in total. The zero-order valence-corrected chi connectivity index (χ0v) is 13.6. The third-order valence-corrected chi connectivity index (χ3v) is 4.82. The lowest BCUT2D eigenvalue weighted by Crippen LogP contribution is -2.37. The summed E-state index contributed by atoms with van der Waals surface area (Å²) in [5, 5.41) is 5.18. The van der Waals surface area contributed by atoms with Crippen LogP contribution in [-0.2, 0) is 10.0 Å². The first-order chi connectivity index (χ1) is 9.73. The van der Waals surface area contributed by atoms with Gasteiger partial charge in [-0.05, 0) is 31.9 Å². The van der Waals surface area contributed by atoms with Crippen molar-refractivity contribution in [1.82, 2.24) is 0 Å². The Morgan fingerprint density at radius 1 is 1.24 bits per heavy atom. The Morgan fingerprint density at radius 2 is 1.81 bits per heavy atom. The minimum atomic E-state index is -3.58. The predicted molar refractivity (Wildman–Crippen MR) is 82.9 cm³/mol. The highest BCUT2D eigenvalue weighted by Gasteiger charge is 2.32. The number of carbonyl (C=O) groups excluding carboxylic acids is 1. The van der Waals surface area contributed by atoms with Gasteiger partial charge in [0.2, 0.25) is 10.0 Å². The monoisotopic (exact) mass is 313 g/mol. The van der Waals surface area contributed by atoms with Gasteiger partial charge in [-0.3, -0.25) is 4.79 Å². The number of carbonyl (C=O) groups is 1. The largest absolute Gasteiger partial charge is 0.492 e. The molecular weight excluding hydrogens is 290 g/mol. The van der Waals surface area contributed by atoms with Gasteiger partial charge in [-0.1, -0.05) is 26.0 Å². The first-order valence-electron chi connectivity index (χ1n) is 6.96. The molecular formula is C15H23NO4S. The van der Waals surface area contributed by atoms with E-state index in [0.29, 0.717) is 24.2 Å². The molecule has 0 aromatic heterocycles. The van der Waals surface area contributed by atoms with Gasteiger partial charge < -0.3 is 4.74 Å². The Hall–Kier alpha value is -1.40. The number of rotatable bonds is 8. The molecule has 0 heterocycles. The molecule has 0 radical (unpaired) electrons. The van der Waals surface area contributed by atoms with Crippen molar-refractivity contribution in [3.63, 3.8) is 0 Å². The van der Waals surface area contributed by atoms with Crippen LogP contribution in [0.25, 0.3) is 0 Å². The molecule has 1 aromatic carbocycles. The maximum Gasteiger partial charge on any atom is 0.209 e. The first-order valence-corrected chi connectivity index (χ1v) is 8.68. The third-order valence-electron chi connectivity index (χ3n) is 3.81. The molecule has 0 atom stereocenters. The smallest absolute Gasteiger partial charge is 0.209 e. The standard InChI is InChI=1S/C15H23NO4S/c1-4-15(5-2,11-21(16,18)19)10-20-14-9-7-6-8-13(14)12(3)17/h6-9H,4-5,10-11H2,1-3H3,(H2,16,18,19). The van der Waals surface area contributed by atoms with Crippen LogP contribution in [0.1, 0.15) is 44.0 Å². The molecule has 0 aliphatic rings. The summed E-state index contributed by atoms with van der Waals surface area (Å²) in [6.07, 6.45) is 1.25. The number of hydrogen-bond donors (Lipinski definition) is 1. The second-order valence-corrected chi connectivity index (χ2v) is 6.97. The molecule has 0 amide bonds. The second kappa shape index (κ2) is 7.04. The van der Waals surface area contributed by atoms with E-state index in [2.05, 4.69) is 0 Å². The van der Waals surface area contributed by atoms with E-state index in [-0.39, 0.29) is 18.1 Å². The fraction of sp³-hybridized carbons (Fsp3) is 0.533. The number of ketones is 1. The zero-order chi connectivity index (χ0) is 16.1. The highest BCUT2D eigenvalue weighted by Crippen LogP contribution is 2.30. The fourth-order valence-corrected chi connectivity index (χ4v) is 3.59. The fourth-order valence-electron chi connectivity index (χ4n) is 2.24. The maximum atomic E-state index is 11.6. The van der Waals surface area contributed by atoms with Gasteiger partial charge in [0.25, 0.3) is 0 Å². The summed E-state index contributed by atoms with van der Waals surface area (Å²) < 4.78 is 28.6. The van der Waals surface area contributed by atoms with E-state index >= 15 is 0 Å². The van der Waals surface area contributed by atoms with E-state index in [1.807, 2.05) is 13.8 Å². The van der Waals surface area contributed by atoms with E-state index in [9.17, 15) is 13.2 Å². The molecule has 1 aromatic rings. The quantitative estimate of drug-likeness (QED) is 0.746. The molecule has 0 aliphatic heterocycles. The first kappa shape index (κ1) is 17.7. The average Bonchev–Trinajstić information content (AvgIpc) is 2.42. The van der Waals surface area contributed by atoms with Crippen LogP contribution < -0.4 is 9.88 Å². The number of hydrogen-bond acceptors (Lipinski definition) is 4. The molecule has 0 spiro atoms. The molecule has 0 aliphatic carbocycles. The van der Waals surface area contributed by atoms with Gasteiger partial charge in [0.1, 0.15) is 5.75 Å². The zero-order valence-electron chi connectivity index (χ0n) is 12.8. The highest BCUT2D eigenvalue weighted by atomic mass is 32.2. The predicted octanol–water partition coefficient (Wildman–Crippen LogP) is 2.36. The van der Waals surface area contributed by atoms with Gasteiger partial charge in [-0.2, -0.15) is 0 Å². The molecule has 1 rings (SSSR count). The van der Waals surface area contributed by atoms with Crippen molar-refractivity contribution in [2.24, 2.45) is 10.6 Å². The second-order valence-electron chi connectivity index (χ2n) is 5.36. The lowest BCUT2D eigenvalue weighted by molar-refractivity contribution is 0.100. The average molecular weight is 313 g/mol. The Kier molecular flexibility index (Phi) is 5.92. The SMILES string of the molecule is CCC(CC)(COc1ccccc1C(C)=O)CS(N)(=O)=O. The van der Waals surface area contributed by atoms with E-state index in [1.54, 1.807) is 24.3 Å². The van der Waals surface area contributed by atoms with Crippen molar-refractivity contribution in [2.75, 3.05) is 12.4 Å². The minimum Gasteiger partial charge on any atom is -0.492 e. The molecule has 118 valence electrons. The minimum absolute atomic E-state index is 0.0874. The van der Waals surface area contributed by atoms with E-state index in [0.717, 1.165) is 0 Å². The number of benzene rings is 1. The van der Waals surface area contributed by atoms with E-state index in [1.165, 1.54) is 6.92 Å². The van der Waals surface area contributed by atoms with Crippen molar-refractivity contribution < 1.29 is 17.9 Å². The van der Waals surface area contributed by atoms with Gasteiger partial charge in [0.15, 0.2) is 5.78 Å². The Bertz CT molecular complexity index is 591. The molecule has 0 bridgehead atoms. The molecule has 0 fully saturated rings. The molecule has 21 heavy (non-hydrogen) atoms. The van der Waals surface area contributed by atoms with Crippen LogP contribution >= 0.6 is 0 Å². The number of Topliss-reactive ketones (excluding diaryl/α,β-unsaturated/α-hetero) is 1. The molecule has 0 saturated carbocycles. The van der Waals surface area contributed by atoms with Crippen LogP contribution in [0, 0.1) is 5.41 Å². The lowest BCUT2D eigenvalue weighted by Gasteiger charge is -2.30. The lowest BCUT2D eigenvalue weighted by atomic mass is 9.85. The maximum absolute atomic E-state index is 11.6. The van der Waals surface area contributed by atoms with E-state index in [4.69, 9.17) is 9.88 Å². The molecule has 0 saturated heterocycles. The third kappa shape index (κ3) is 5.13. The Morgan fingerprint density at radius 3 is 2.29 bits per heavy atom. The van der Waals surface area contributed by atoms with Crippen LogP contribution in [0.15, 0.2) is 24.3 Å². The molecule has 6 heteroatoms. The number of ether oxygens (including phenoxy) is 1. The van der Waals surface area contributed by atoms with Gasteiger partial charge in [0, 0.05) is 5.41 Å². The summed E-state index contributed by atoms with van der Waals surface area (Å²) >= 11 is 0. The van der Waals surface area contributed by atoms with Crippen LogP contribution in [0.4, 0.5) is 0 Å². The molecule has 2 N–H and O–H groups in total. The number of nitrogens with two attached hydrogens (primary N) is 1. The molecule has 0 unspecified atom stereocenters. The van der Waals surface area contributed by atoms with Crippen molar-refractivity contribution in [2.45, 2.75) is 33.6 Å². The van der Waals surface area contributed by atoms with Crippen LogP contribution in [-0.4, -0.2) is 26.6 Å². The Labute approximate surface area is 126 Å².